The molecule has 4 heteroatoms. The zero-order valence-corrected chi connectivity index (χ0v) is 10.0. The number of hydrogen-bond donors (Lipinski definition) is 1. The maximum atomic E-state index is 10.9. The number of carbonyl (C=O) groups excluding carboxylic acids is 1. The summed E-state index contributed by atoms with van der Waals surface area (Å²) in [6.07, 6.45) is -0.0178. The average Bonchev–Trinajstić information content (AvgIpc) is 2.20. The molecule has 0 saturated carbocycles. The molecule has 1 N–H and O–H groups in total. The van der Waals surface area contributed by atoms with E-state index < -0.39 is 0 Å². The van der Waals surface area contributed by atoms with Crippen molar-refractivity contribution < 1.29 is 9.53 Å². The van der Waals surface area contributed by atoms with E-state index in [-0.39, 0.29) is 18.6 Å². The molecule has 1 aromatic carbocycles. The monoisotopic (exact) mass is 269 g/mol. The number of benzene rings is 1. The summed E-state index contributed by atoms with van der Waals surface area (Å²) in [6, 6.07) is 6.07. The lowest BCUT2D eigenvalue weighted by Gasteiger charge is -2.24. The minimum absolute atomic E-state index is 0.0178. The largest absolute Gasteiger partial charge is 0.362 e. The van der Waals surface area contributed by atoms with E-state index in [0.29, 0.717) is 6.54 Å². The van der Waals surface area contributed by atoms with Gasteiger partial charge in [0.25, 0.3) is 0 Å². The summed E-state index contributed by atoms with van der Waals surface area (Å²) in [7, 11) is 0. The first-order chi connectivity index (χ1) is 7.16. The molecule has 2 rings (SSSR count). The first-order valence-corrected chi connectivity index (χ1v) is 5.60. The van der Waals surface area contributed by atoms with Gasteiger partial charge in [-0.2, -0.15) is 0 Å². The van der Waals surface area contributed by atoms with Crippen molar-refractivity contribution in [3.63, 3.8) is 0 Å². The van der Waals surface area contributed by atoms with Gasteiger partial charge in [-0.05, 0) is 30.2 Å². The number of nitrogens with one attached hydrogen (secondary N) is 1. The van der Waals surface area contributed by atoms with Gasteiger partial charge >= 0.3 is 0 Å². The second kappa shape index (κ2) is 4.33. The fraction of sp³-hybridized carbons (Fsp3) is 0.364. The topological polar surface area (TPSA) is 38.3 Å². The van der Waals surface area contributed by atoms with Gasteiger partial charge in [0.05, 0.1) is 0 Å². The number of ether oxygens (including phenoxy) is 1. The molecule has 0 spiro atoms. The Hall–Kier alpha value is -0.870. The zero-order valence-electron chi connectivity index (χ0n) is 8.42. The Morgan fingerprint density at radius 1 is 1.53 bits per heavy atom. The first-order valence-electron chi connectivity index (χ1n) is 4.81. The Morgan fingerprint density at radius 3 is 2.93 bits per heavy atom. The number of halogens is 1. The van der Waals surface area contributed by atoms with Gasteiger partial charge in [0.15, 0.2) is 0 Å². The third-order valence-corrected chi connectivity index (χ3v) is 2.97. The molecule has 3 nitrogen and oxygen atoms in total. The fourth-order valence-electron chi connectivity index (χ4n) is 1.69. The molecule has 1 aliphatic heterocycles. The summed E-state index contributed by atoms with van der Waals surface area (Å²) in [4.78, 5) is 10.9. The number of rotatable bonds is 1. The van der Waals surface area contributed by atoms with Crippen LogP contribution in [0.3, 0.4) is 0 Å². The molecule has 1 aromatic rings. The molecule has 1 unspecified atom stereocenters. The van der Waals surface area contributed by atoms with E-state index in [1.165, 1.54) is 5.56 Å². The maximum absolute atomic E-state index is 10.9. The molecule has 0 radical (unpaired) electrons. The molecule has 1 amide bonds. The van der Waals surface area contributed by atoms with E-state index in [4.69, 9.17) is 4.74 Å². The summed E-state index contributed by atoms with van der Waals surface area (Å²) < 4.78 is 6.53. The van der Waals surface area contributed by atoms with E-state index in [9.17, 15) is 4.79 Å². The van der Waals surface area contributed by atoms with Crippen molar-refractivity contribution in [1.82, 2.24) is 5.32 Å². The Labute approximate surface area is 96.9 Å². The lowest BCUT2D eigenvalue weighted by molar-refractivity contribution is -0.133. The smallest absolute Gasteiger partial charge is 0.246 e. The highest BCUT2D eigenvalue weighted by molar-refractivity contribution is 9.10. The highest BCUT2D eigenvalue weighted by atomic mass is 79.9. The third kappa shape index (κ3) is 2.38. The van der Waals surface area contributed by atoms with Crippen LogP contribution in [0, 0.1) is 6.92 Å². The normalized spacial score (nSPS) is 21.2. The number of amides is 1. The second-order valence-corrected chi connectivity index (χ2v) is 4.52. The van der Waals surface area contributed by atoms with E-state index in [2.05, 4.69) is 27.3 Å². The van der Waals surface area contributed by atoms with Crippen LogP contribution in [-0.2, 0) is 9.53 Å². The highest BCUT2D eigenvalue weighted by Crippen LogP contribution is 2.24. The molecule has 1 heterocycles. The zero-order chi connectivity index (χ0) is 10.8. The first kappa shape index (κ1) is 10.6. The number of carbonyl (C=O) groups is 1. The summed E-state index contributed by atoms with van der Waals surface area (Å²) in [5.74, 6) is -0.0407. The van der Waals surface area contributed by atoms with Gasteiger partial charge in [-0.15, -0.1) is 0 Å². The molecular weight excluding hydrogens is 258 g/mol. The highest BCUT2D eigenvalue weighted by Gasteiger charge is 2.21. The Kier molecular flexibility index (Phi) is 3.07. The molecule has 1 saturated heterocycles. The third-order valence-electron chi connectivity index (χ3n) is 2.48. The molecular formula is C11H12BrNO2. The number of aryl methyl sites for hydroxylation is 1. The molecule has 80 valence electrons. The van der Waals surface area contributed by atoms with Crippen LogP contribution < -0.4 is 5.32 Å². The van der Waals surface area contributed by atoms with E-state index >= 15 is 0 Å². The molecule has 1 aliphatic rings. The van der Waals surface area contributed by atoms with Crippen molar-refractivity contribution in [2.24, 2.45) is 0 Å². The van der Waals surface area contributed by atoms with Gasteiger partial charge in [0, 0.05) is 11.0 Å². The van der Waals surface area contributed by atoms with E-state index in [1.807, 2.05) is 19.1 Å². The van der Waals surface area contributed by atoms with Crippen LogP contribution in [0.15, 0.2) is 22.7 Å². The van der Waals surface area contributed by atoms with Crippen molar-refractivity contribution >= 4 is 21.8 Å². The van der Waals surface area contributed by atoms with Crippen molar-refractivity contribution in [3.05, 3.63) is 33.8 Å². The molecule has 0 bridgehead atoms. The SMILES string of the molecule is Cc1cc(Br)ccc1C1CNC(=O)CO1. The van der Waals surface area contributed by atoms with Crippen LogP contribution in [0.4, 0.5) is 0 Å². The summed E-state index contributed by atoms with van der Waals surface area (Å²) in [5.41, 5.74) is 2.31. The van der Waals surface area contributed by atoms with Crippen LogP contribution in [0.2, 0.25) is 0 Å². The lowest BCUT2D eigenvalue weighted by Crippen LogP contribution is -2.38. The van der Waals surface area contributed by atoms with Crippen LogP contribution in [-0.4, -0.2) is 19.1 Å². The minimum Gasteiger partial charge on any atom is -0.362 e. The molecule has 15 heavy (non-hydrogen) atoms. The predicted octanol–water partition coefficient (Wildman–Crippen LogP) is 1.95. The summed E-state index contributed by atoms with van der Waals surface area (Å²) in [6.45, 7) is 2.75. The standard InChI is InChI=1S/C11H12BrNO2/c1-7-4-8(12)2-3-9(7)10-5-13-11(14)6-15-10/h2-4,10H,5-6H2,1H3,(H,13,14). The number of morpholine rings is 1. The second-order valence-electron chi connectivity index (χ2n) is 3.60. The van der Waals surface area contributed by atoms with Gasteiger partial charge in [-0.1, -0.05) is 22.0 Å². The van der Waals surface area contributed by atoms with Gasteiger partial charge in [-0.25, -0.2) is 0 Å². The quantitative estimate of drug-likeness (QED) is 0.847. The molecule has 0 aliphatic carbocycles. The lowest BCUT2D eigenvalue weighted by atomic mass is 10.0. The number of hydrogen-bond acceptors (Lipinski definition) is 2. The maximum Gasteiger partial charge on any atom is 0.246 e. The molecule has 0 aromatic heterocycles. The summed E-state index contributed by atoms with van der Waals surface area (Å²) in [5, 5.41) is 2.80. The van der Waals surface area contributed by atoms with Crippen molar-refractivity contribution in [2.45, 2.75) is 13.0 Å². The van der Waals surface area contributed by atoms with Gasteiger partial charge in [0.2, 0.25) is 5.91 Å². The minimum atomic E-state index is -0.0407. The van der Waals surface area contributed by atoms with Crippen LogP contribution in [0.25, 0.3) is 0 Å². The van der Waals surface area contributed by atoms with Gasteiger partial charge in [-0.3, -0.25) is 4.79 Å². The summed E-state index contributed by atoms with van der Waals surface area (Å²) >= 11 is 3.42. The average molecular weight is 270 g/mol. The van der Waals surface area contributed by atoms with Crippen LogP contribution in [0.1, 0.15) is 17.2 Å². The van der Waals surface area contributed by atoms with Gasteiger partial charge in [0.1, 0.15) is 12.7 Å². The Balaban J connectivity index is 2.19. The van der Waals surface area contributed by atoms with Crippen LogP contribution >= 0.6 is 15.9 Å². The predicted molar refractivity (Wildman–Crippen MR) is 60.6 cm³/mol. The van der Waals surface area contributed by atoms with E-state index in [1.54, 1.807) is 0 Å². The molecule has 1 atom stereocenters. The van der Waals surface area contributed by atoms with Crippen molar-refractivity contribution in [3.8, 4) is 0 Å². The molecule has 1 fully saturated rings. The van der Waals surface area contributed by atoms with Gasteiger partial charge < -0.3 is 10.1 Å². The van der Waals surface area contributed by atoms with Crippen molar-refractivity contribution in [2.75, 3.05) is 13.2 Å². The van der Waals surface area contributed by atoms with Crippen LogP contribution in [0.5, 0.6) is 0 Å². The van der Waals surface area contributed by atoms with Crippen molar-refractivity contribution in [1.29, 1.82) is 0 Å². The van der Waals surface area contributed by atoms with E-state index in [0.717, 1.165) is 10.0 Å². The Morgan fingerprint density at radius 2 is 2.33 bits per heavy atom. The fourth-order valence-corrected chi connectivity index (χ4v) is 2.17. The Bertz CT molecular complexity index is 382.